The number of primary amides is 1. The number of nitrogens with two attached hydrogens (primary N) is 1. The van der Waals surface area contributed by atoms with Crippen LogP contribution in [-0.4, -0.2) is 55.7 Å². The normalized spacial score (nSPS) is 19.5. The van der Waals surface area contributed by atoms with Crippen molar-refractivity contribution in [1.82, 2.24) is 10.2 Å². The van der Waals surface area contributed by atoms with Gasteiger partial charge in [0.1, 0.15) is 0 Å². The highest BCUT2D eigenvalue weighted by molar-refractivity contribution is 5.84. The Bertz CT molecular complexity index is 321. The molecular weight excluding hydrogens is 266 g/mol. The lowest BCUT2D eigenvalue weighted by Gasteiger charge is -2.31. The molecule has 0 bridgehead atoms. The summed E-state index contributed by atoms with van der Waals surface area (Å²) in [5.74, 6) is 0.584. The Morgan fingerprint density at radius 1 is 1.48 bits per heavy atom. The minimum absolute atomic E-state index is 0.261. The number of rotatable bonds is 12. The summed E-state index contributed by atoms with van der Waals surface area (Å²) < 4.78 is 5.22. The highest BCUT2D eigenvalue weighted by atomic mass is 16.5. The average molecular weight is 299 g/mol. The first-order valence-corrected chi connectivity index (χ1v) is 8.22. The molecule has 2 unspecified atom stereocenters. The highest BCUT2D eigenvalue weighted by Gasteiger charge is 2.33. The van der Waals surface area contributed by atoms with E-state index in [9.17, 15) is 4.79 Å². The Kier molecular flexibility index (Phi) is 7.63. The van der Waals surface area contributed by atoms with Gasteiger partial charge < -0.3 is 15.8 Å². The van der Waals surface area contributed by atoms with Crippen molar-refractivity contribution in [2.45, 2.75) is 58.0 Å². The zero-order valence-electron chi connectivity index (χ0n) is 14.2. The number of hydrogen-bond acceptors (Lipinski definition) is 4. The van der Waals surface area contributed by atoms with Gasteiger partial charge in [-0.3, -0.25) is 9.69 Å². The van der Waals surface area contributed by atoms with Crippen LogP contribution in [0, 0.1) is 5.92 Å². The topological polar surface area (TPSA) is 67.6 Å². The summed E-state index contributed by atoms with van der Waals surface area (Å²) in [5, 5.41) is 3.22. The van der Waals surface area contributed by atoms with Gasteiger partial charge in [-0.2, -0.15) is 0 Å². The molecule has 0 saturated heterocycles. The molecule has 21 heavy (non-hydrogen) atoms. The van der Waals surface area contributed by atoms with Gasteiger partial charge in [0, 0.05) is 19.7 Å². The summed E-state index contributed by atoms with van der Waals surface area (Å²) in [4.78, 5) is 14.1. The van der Waals surface area contributed by atoms with Crippen LogP contribution >= 0.6 is 0 Å². The van der Waals surface area contributed by atoms with Crippen LogP contribution in [0.15, 0.2) is 0 Å². The van der Waals surface area contributed by atoms with Crippen LogP contribution < -0.4 is 11.1 Å². The van der Waals surface area contributed by atoms with E-state index < -0.39 is 5.54 Å². The third-order valence-electron chi connectivity index (χ3n) is 4.70. The quantitative estimate of drug-likeness (QED) is 0.571. The Balaban J connectivity index is 2.45. The van der Waals surface area contributed by atoms with Crippen molar-refractivity contribution in [1.29, 1.82) is 0 Å². The smallest absolute Gasteiger partial charge is 0.237 e. The fraction of sp³-hybridized carbons (Fsp3) is 0.938. The van der Waals surface area contributed by atoms with Gasteiger partial charge in [0.25, 0.3) is 0 Å². The van der Waals surface area contributed by atoms with Crippen LogP contribution in [0.1, 0.15) is 46.5 Å². The summed E-state index contributed by atoms with van der Waals surface area (Å²) in [7, 11) is 1.75. The molecule has 1 aliphatic carbocycles. The molecule has 0 spiro atoms. The third-order valence-corrected chi connectivity index (χ3v) is 4.70. The molecule has 2 atom stereocenters. The molecule has 0 heterocycles. The fourth-order valence-corrected chi connectivity index (χ4v) is 2.93. The molecule has 0 aliphatic heterocycles. The van der Waals surface area contributed by atoms with Crippen molar-refractivity contribution >= 4 is 5.91 Å². The molecular formula is C16H33N3O2. The van der Waals surface area contributed by atoms with Crippen molar-refractivity contribution in [3.63, 3.8) is 0 Å². The van der Waals surface area contributed by atoms with Crippen molar-refractivity contribution in [3.8, 4) is 0 Å². The molecule has 0 aromatic carbocycles. The van der Waals surface area contributed by atoms with Crippen LogP contribution in [0.5, 0.6) is 0 Å². The first-order valence-electron chi connectivity index (χ1n) is 8.22. The standard InChI is InChI=1S/C16H33N3O2/c1-5-18-16(3,15(17)20)9-6-10-19(11-12-21-4)13(2)14-7-8-14/h13-14,18H,5-12H2,1-4H3,(H2,17,20). The highest BCUT2D eigenvalue weighted by Crippen LogP contribution is 2.35. The first-order chi connectivity index (χ1) is 9.94. The maximum absolute atomic E-state index is 11.6. The predicted molar refractivity (Wildman–Crippen MR) is 86.1 cm³/mol. The van der Waals surface area contributed by atoms with E-state index >= 15 is 0 Å². The van der Waals surface area contributed by atoms with Gasteiger partial charge in [-0.05, 0) is 58.5 Å². The molecule has 1 fully saturated rings. The van der Waals surface area contributed by atoms with Crippen molar-refractivity contribution in [2.24, 2.45) is 11.7 Å². The van der Waals surface area contributed by atoms with Crippen LogP contribution in [0.4, 0.5) is 0 Å². The van der Waals surface area contributed by atoms with Crippen molar-refractivity contribution in [3.05, 3.63) is 0 Å². The number of amides is 1. The summed E-state index contributed by atoms with van der Waals surface area (Å²) >= 11 is 0. The van der Waals surface area contributed by atoms with E-state index in [1.165, 1.54) is 12.8 Å². The molecule has 1 amide bonds. The van der Waals surface area contributed by atoms with Gasteiger partial charge in [-0.1, -0.05) is 6.92 Å². The van der Waals surface area contributed by atoms with Crippen molar-refractivity contribution < 1.29 is 9.53 Å². The average Bonchev–Trinajstić information content (AvgIpc) is 3.26. The lowest BCUT2D eigenvalue weighted by atomic mass is 9.94. The maximum Gasteiger partial charge on any atom is 0.237 e. The Hall–Kier alpha value is -0.650. The van der Waals surface area contributed by atoms with Crippen LogP contribution in [0.25, 0.3) is 0 Å². The fourth-order valence-electron chi connectivity index (χ4n) is 2.93. The van der Waals surface area contributed by atoms with E-state index in [1.54, 1.807) is 7.11 Å². The van der Waals surface area contributed by atoms with Gasteiger partial charge in [0.15, 0.2) is 0 Å². The molecule has 5 nitrogen and oxygen atoms in total. The largest absolute Gasteiger partial charge is 0.383 e. The van der Waals surface area contributed by atoms with E-state index in [0.29, 0.717) is 6.04 Å². The number of carbonyl (C=O) groups is 1. The summed E-state index contributed by atoms with van der Waals surface area (Å²) in [6.45, 7) is 9.69. The molecule has 124 valence electrons. The first kappa shape index (κ1) is 18.4. The van der Waals surface area contributed by atoms with Gasteiger partial charge in [0.05, 0.1) is 12.1 Å². The monoisotopic (exact) mass is 299 g/mol. The molecule has 0 aromatic heterocycles. The lowest BCUT2D eigenvalue weighted by molar-refractivity contribution is -0.124. The molecule has 3 N–H and O–H groups in total. The Morgan fingerprint density at radius 3 is 2.62 bits per heavy atom. The molecule has 1 aliphatic rings. The number of carbonyl (C=O) groups excluding carboxylic acids is 1. The number of methoxy groups -OCH3 is 1. The molecule has 0 radical (unpaired) electrons. The van der Waals surface area contributed by atoms with E-state index in [0.717, 1.165) is 45.0 Å². The van der Waals surface area contributed by atoms with Crippen LogP contribution in [0.2, 0.25) is 0 Å². The van der Waals surface area contributed by atoms with Gasteiger partial charge in [-0.15, -0.1) is 0 Å². The lowest BCUT2D eigenvalue weighted by Crippen LogP contribution is -2.53. The van der Waals surface area contributed by atoms with Gasteiger partial charge in [0.2, 0.25) is 5.91 Å². The second-order valence-corrected chi connectivity index (χ2v) is 6.44. The minimum Gasteiger partial charge on any atom is -0.383 e. The summed E-state index contributed by atoms with van der Waals surface area (Å²) in [6.07, 6.45) is 4.44. The number of nitrogens with zero attached hydrogens (tertiary/aromatic N) is 1. The van der Waals surface area contributed by atoms with Crippen LogP contribution in [0.3, 0.4) is 0 Å². The van der Waals surface area contributed by atoms with E-state index in [2.05, 4.69) is 17.1 Å². The van der Waals surface area contributed by atoms with Crippen molar-refractivity contribution in [2.75, 3.05) is 33.4 Å². The second-order valence-electron chi connectivity index (χ2n) is 6.44. The van der Waals surface area contributed by atoms with Gasteiger partial charge in [-0.25, -0.2) is 0 Å². The zero-order valence-corrected chi connectivity index (χ0v) is 14.2. The molecule has 1 rings (SSSR count). The number of hydrogen-bond donors (Lipinski definition) is 2. The Morgan fingerprint density at radius 2 is 2.14 bits per heavy atom. The predicted octanol–water partition coefficient (Wildman–Crippen LogP) is 1.37. The molecule has 5 heteroatoms. The zero-order chi connectivity index (χ0) is 15.9. The van der Waals surface area contributed by atoms with Crippen LogP contribution in [-0.2, 0) is 9.53 Å². The Labute approximate surface area is 129 Å². The van der Waals surface area contributed by atoms with E-state index in [-0.39, 0.29) is 5.91 Å². The molecule has 1 saturated carbocycles. The summed E-state index contributed by atoms with van der Waals surface area (Å²) in [5.41, 5.74) is 4.94. The molecule has 0 aromatic rings. The van der Waals surface area contributed by atoms with E-state index in [1.807, 2.05) is 13.8 Å². The number of ether oxygens (including phenoxy) is 1. The minimum atomic E-state index is -0.593. The third kappa shape index (κ3) is 5.93. The second kappa shape index (κ2) is 8.71. The SMILES string of the molecule is CCNC(C)(CCCN(CCOC)C(C)C1CC1)C(N)=O. The number of nitrogens with one attached hydrogen (secondary N) is 1. The maximum atomic E-state index is 11.6. The number of likely N-dealkylation sites (N-methyl/N-ethyl adjacent to an activating group) is 1. The summed E-state index contributed by atoms with van der Waals surface area (Å²) in [6, 6.07) is 0.610. The van der Waals surface area contributed by atoms with E-state index in [4.69, 9.17) is 10.5 Å². The van der Waals surface area contributed by atoms with Gasteiger partial charge >= 0.3 is 0 Å².